The number of carboxylic acids is 1. The van der Waals surface area contributed by atoms with E-state index < -0.39 is 34.9 Å². The zero-order chi connectivity index (χ0) is 29.0. The number of ether oxygens (including phenoxy) is 1. The molecule has 216 valence electrons. The molecule has 3 aromatic rings. The standard InChI is InChI=1S/C29H35F3N4O4/c1-35(2)24-17-34-23-5-4-19(40-3)16-20(23)26(24)25(37)6-7-29(28(38)39)8-11-36(12-9-29)13-10-33-18-14-21(30)27(32)22(31)15-18/h4-5,14-17,25,33,37H,6-13H2,1-3H3,(H,38,39). The van der Waals surface area contributed by atoms with Gasteiger partial charge in [0.2, 0.25) is 0 Å². The molecule has 0 aliphatic carbocycles. The lowest BCUT2D eigenvalue weighted by molar-refractivity contribution is -0.153. The molecule has 8 nitrogen and oxygen atoms in total. The number of hydrogen-bond acceptors (Lipinski definition) is 7. The number of carbonyl (C=O) groups is 1. The summed E-state index contributed by atoms with van der Waals surface area (Å²) in [7, 11) is 5.30. The highest BCUT2D eigenvalue weighted by Crippen LogP contribution is 2.41. The molecule has 1 fully saturated rings. The third-order valence-electron chi connectivity index (χ3n) is 7.81. The van der Waals surface area contributed by atoms with E-state index in [1.807, 2.05) is 31.1 Å². The number of aliphatic carboxylic acids is 1. The highest BCUT2D eigenvalue weighted by Gasteiger charge is 2.41. The SMILES string of the molecule is COc1ccc2ncc(N(C)C)c(C(O)CCC3(C(=O)O)CCN(CCNc4cc(F)c(F)c(F)c4)CC3)c2c1. The van der Waals surface area contributed by atoms with Crippen LogP contribution in [0.25, 0.3) is 10.9 Å². The second kappa shape index (κ2) is 12.3. The topological polar surface area (TPSA) is 98.2 Å². The molecule has 3 N–H and O–H groups in total. The van der Waals surface area contributed by atoms with Crippen molar-refractivity contribution in [3.63, 3.8) is 0 Å². The van der Waals surface area contributed by atoms with Gasteiger partial charge in [0.15, 0.2) is 17.5 Å². The van der Waals surface area contributed by atoms with Gasteiger partial charge in [-0.2, -0.15) is 0 Å². The molecule has 0 amide bonds. The summed E-state index contributed by atoms with van der Waals surface area (Å²) < 4.78 is 45.4. The molecular formula is C29H35F3N4O4. The summed E-state index contributed by atoms with van der Waals surface area (Å²) in [5.41, 5.74) is 1.31. The second-order valence-corrected chi connectivity index (χ2v) is 10.5. The number of nitrogens with zero attached hydrogens (tertiary/aromatic N) is 3. The van der Waals surface area contributed by atoms with Crippen molar-refractivity contribution in [3.8, 4) is 5.75 Å². The molecule has 1 aliphatic heterocycles. The van der Waals surface area contributed by atoms with Crippen molar-refractivity contribution in [3.05, 3.63) is 59.5 Å². The highest BCUT2D eigenvalue weighted by molar-refractivity contribution is 5.88. The number of aliphatic hydroxyl groups is 1. The molecule has 0 bridgehead atoms. The number of anilines is 2. The van der Waals surface area contributed by atoms with Crippen LogP contribution in [-0.4, -0.2) is 73.5 Å². The Hall–Kier alpha value is -3.57. The summed E-state index contributed by atoms with van der Waals surface area (Å²) in [5.74, 6) is -4.27. The number of benzene rings is 2. The Bertz CT molecular complexity index is 1340. The van der Waals surface area contributed by atoms with Crippen molar-refractivity contribution in [2.24, 2.45) is 5.41 Å². The van der Waals surface area contributed by atoms with Gasteiger partial charge in [0, 0.05) is 56.0 Å². The van der Waals surface area contributed by atoms with Crippen LogP contribution in [-0.2, 0) is 4.79 Å². The van der Waals surface area contributed by atoms with Crippen LogP contribution in [0.5, 0.6) is 5.75 Å². The summed E-state index contributed by atoms with van der Waals surface area (Å²) in [4.78, 5) is 20.9. The van der Waals surface area contributed by atoms with Gasteiger partial charge in [-0.05, 0) is 57.0 Å². The first-order valence-electron chi connectivity index (χ1n) is 13.2. The number of methoxy groups -OCH3 is 1. The maximum Gasteiger partial charge on any atom is 0.309 e. The fraction of sp³-hybridized carbons (Fsp3) is 0.448. The van der Waals surface area contributed by atoms with Crippen molar-refractivity contribution in [2.75, 3.05) is 57.6 Å². The smallest absolute Gasteiger partial charge is 0.309 e. The van der Waals surface area contributed by atoms with Gasteiger partial charge in [-0.15, -0.1) is 0 Å². The zero-order valence-corrected chi connectivity index (χ0v) is 22.9. The molecule has 1 aromatic heterocycles. The maximum atomic E-state index is 13.4. The number of nitrogens with one attached hydrogen (secondary N) is 1. The van der Waals surface area contributed by atoms with E-state index in [-0.39, 0.29) is 12.1 Å². The summed E-state index contributed by atoms with van der Waals surface area (Å²) in [5, 5.41) is 25.2. The summed E-state index contributed by atoms with van der Waals surface area (Å²) in [6.07, 6.45) is 2.16. The molecule has 2 aromatic carbocycles. The summed E-state index contributed by atoms with van der Waals surface area (Å²) in [6, 6.07) is 7.27. The van der Waals surface area contributed by atoms with E-state index in [9.17, 15) is 28.2 Å². The molecular weight excluding hydrogens is 525 g/mol. The fourth-order valence-electron chi connectivity index (χ4n) is 5.36. The minimum atomic E-state index is -1.51. The van der Waals surface area contributed by atoms with Crippen LogP contribution in [0.2, 0.25) is 0 Å². The maximum absolute atomic E-state index is 13.4. The molecule has 0 saturated carbocycles. The number of pyridine rings is 1. The van der Waals surface area contributed by atoms with Crippen LogP contribution in [0.15, 0.2) is 36.5 Å². The lowest BCUT2D eigenvalue weighted by Crippen LogP contribution is -2.45. The highest BCUT2D eigenvalue weighted by atomic mass is 19.2. The summed E-state index contributed by atoms with van der Waals surface area (Å²) >= 11 is 0. The molecule has 1 atom stereocenters. The van der Waals surface area contributed by atoms with Gasteiger partial charge in [-0.25, -0.2) is 13.2 Å². The van der Waals surface area contributed by atoms with Crippen LogP contribution in [0.1, 0.15) is 37.4 Å². The third-order valence-corrected chi connectivity index (χ3v) is 7.81. The molecule has 1 aliphatic rings. The van der Waals surface area contributed by atoms with E-state index in [0.29, 0.717) is 62.3 Å². The third kappa shape index (κ3) is 6.26. The van der Waals surface area contributed by atoms with E-state index in [1.165, 1.54) is 0 Å². The van der Waals surface area contributed by atoms with Gasteiger partial charge in [-0.1, -0.05) is 0 Å². The Kier molecular flexibility index (Phi) is 9.05. The number of carboxylic acid groups (broad SMARTS) is 1. The van der Waals surface area contributed by atoms with E-state index in [0.717, 1.165) is 23.2 Å². The first-order chi connectivity index (χ1) is 19.0. The average Bonchev–Trinajstić information content (AvgIpc) is 2.94. The van der Waals surface area contributed by atoms with Gasteiger partial charge < -0.3 is 30.1 Å². The quantitative estimate of drug-likeness (QED) is 0.287. The molecule has 0 spiro atoms. The van der Waals surface area contributed by atoms with Gasteiger partial charge in [0.25, 0.3) is 0 Å². The predicted molar refractivity (Wildman–Crippen MR) is 147 cm³/mol. The number of halogens is 3. The fourth-order valence-corrected chi connectivity index (χ4v) is 5.36. The van der Waals surface area contributed by atoms with Crippen molar-refractivity contribution in [1.29, 1.82) is 0 Å². The van der Waals surface area contributed by atoms with E-state index in [2.05, 4.69) is 15.2 Å². The Balaban J connectivity index is 1.40. The number of aromatic nitrogens is 1. The lowest BCUT2D eigenvalue weighted by Gasteiger charge is -2.39. The molecule has 11 heteroatoms. The number of rotatable bonds is 11. The van der Waals surface area contributed by atoms with Gasteiger partial charge in [0.1, 0.15) is 5.75 Å². The van der Waals surface area contributed by atoms with Crippen LogP contribution < -0.4 is 15.0 Å². The molecule has 4 rings (SSSR count). The monoisotopic (exact) mass is 560 g/mol. The molecule has 0 radical (unpaired) electrons. The Morgan fingerprint density at radius 2 is 1.85 bits per heavy atom. The zero-order valence-electron chi connectivity index (χ0n) is 22.9. The normalized spacial score (nSPS) is 16.1. The van der Waals surface area contributed by atoms with Crippen molar-refractivity contribution in [1.82, 2.24) is 9.88 Å². The van der Waals surface area contributed by atoms with E-state index in [1.54, 1.807) is 19.4 Å². The van der Waals surface area contributed by atoms with Gasteiger partial charge >= 0.3 is 5.97 Å². The molecule has 2 heterocycles. The average molecular weight is 561 g/mol. The number of piperidine rings is 1. The van der Waals surface area contributed by atoms with Crippen LogP contribution in [0, 0.1) is 22.9 Å². The van der Waals surface area contributed by atoms with E-state index >= 15 is 0 Å². The Morgan fingerprint density at radius 3 is 2.45 bits per heavy atom. The number of hydrogen-bond donors (Lipinski definition) is 3. The first-order valence-corrected chi connectivity index (χ1v) is 13.2. The Labute approximate surface area is 231 Å². The molecule has 1 saturated heterocycles. The van der Waals surface area contributed by atoms with Crippen molar-refractivity contribution < 1.29 is 32.9 Å². The largest absolute Gasteiger partial charge is 0.497 e. The predicted octanol–water partition coefficient (Wildman–Crippen LogP) is 4.82. The number of fused-ring (bicyclic) bond motifs is 1. The van der Waals surface area contributed by atoms with Crippen LogP contribution >= 0.6 is 0 Å². The van der Waals surface area contributed by atoms with Crippen molar-refractivity contribution >= 4 is 28.2 Å². The minimum Gasteiger partial charge on any atom is -0.497 e. The Morgan fingerprint density at radius 1 is 1.18 bits per heavy atom. The van der Waals surface area contributed by atoms with E-state index in [4.69, 9.17) is 4.74 Å². The molecule has 40 heavy (non-hydrogen) atoms. The number of aliphatic hydroxyl groups excluding tert-OH is 1. The minimum absolute atomic E-state index is 0.139. The van der Waals surface area contributed by atoms with Crippen molar-refractivity contribution in [2.45, 2.75) is 31.8 Å². The van der Waals surface area contributed by atoms with Crippen LogP contribution in [0.4, 0.5) is 24.5 Å². The number of likely N-dealkylation sites (tertiary alicyclic amines) is 1. The lowest BCUT2D eigenvalue weighted by atomic mass is 9.74. The second-order valence-electron chi connectivity index (χ2n) is 10.5. The molecule has 1 unspecified atom stereocenters. The first kappa shape index (κ1) is 29.4. The van der Waals surface area contributed by atoms with Crippen LogP contribution in [0.3, 0.4) is 0 Å². The van der Waals surface area contributed by atoms with Gasteiger partial charge in [0.05, 0.1) is 36.0 Å². The van der Waals surface area contributed by atoms with Gasteiger partial charge in [-0.3, -0.25) is 9.78 Å². The summed E-state index contributed by atoms with van der Waals surface area (Å²) in [6.45, 7) is 1.92.